The van der Waals surface area contributed by atoms with E-state index >= 15 is 0 Å². The monoisotopic (exact) mass is 271 g/mol. The molecule has 0 aliphatic rings. The van der Waals surface area contributed by atoms with Crippen molar-refractivity contribution in [1.29, 1.82) is 0 Å². The Morgan fingerprint density at radius 1 is 1.50 bits per heavy atom. The molecule has 1 amide bonds. The fraction of sp³-hybridized carbons (Fsp3) is 0.455. The van der Waals surface area contributed by atoms with Gasteiger partial charge in [-0.2, -0.15) is 0 Å². The van der Waals surface area contributed by atoms with E-state index in [0.717, 1.165) is 0 Å². The summed E-state index contributed by atoms with van der Waals surface area (Å²) in [5.74, 6) is -0.624. The van der Waals surface area contributed by atoms with Gasteiger partial charge < -0.3 is 11.1 Å². The lowest BCUT2D eigenvalue weighted by molar-refractivity contribution is 0.0995. The standard InChI is InChI=1S/C11H17N3O3S/c1-11(2,18(3,16)17)7-14-8-4-5-13-9(6-8)10(12)15/h4-6H,7H2,1-3H3,(H2,12,15)(H,13,14). The molecule has 0 fully saturated rings. The van der Waals surface area contributed by atoms with Crippen molar-refractivity contribution in [2.45, 2.75) is 18.6 Å². The van der Waals surface area contributed by atoms with Crippen LogP contribution in [0.3, 0.4) is 0 Å². The van der Waals surface area contributed by atoms with Gasteiger partial charge in [0.15, 0.2) is 9.84 Å². The van der Waals surface area contributed by atoms with E-state index < -0.39 is 20.5 Å². The van der Waals surface area contributed by atoms with Crippen molar-refractivity contribution in [3.63, 3.8) is 0 Å². The number of nitrogens with zero attached hydrogens (tertiary/aromatic N) is 1. The zero-order valence-corrected chi connectivity index (χ0v) is 11.4. The van der Waals surface area contributed by atoms with Gasteiger partial charge in [0.25, 0.3) is 5.91 Å². The van der Waals surface area contributed by atoms with E-state index in [0.29, 0.717) is 5.69 Å². The highest BCUT2D eigenvalue weighted by Crippen LogP contribution is 2.17. The number of hydrogen-bond acceptors (Lipinski definition) is 5. The summed E-state index contributed by atoms with van der Waals surface area (Å²) in [6, 6.07) is 3.13. The molecule has 0 unspecified atom stereocenters. The topological polar surface area (TPSA) is 102 Å². The second-order valence-electron chi connectivity index (χ2n) is 4.68. The Morgan fingerprint density at radius 3 is 2.61 bits per heavy atom. The number of carbonyl (C=O) groups is 1. The Bertz CT molecular complexity index is 552. The molecule has 0 bridgehead atoms. The van der Waals surface area contributed by atoms with Crippen LogP contribution in [0, 0.1) is 0 Å². The number of carbonyl (C=O) groups excluding carboxylic acids is 1. The van der Waals surface area contributed by atoms with Crippen LogP contribution in [0.2, 0.25) is 0 Å². The molecule has 1 rings (SSSR count). The Labute approximate surface area is 107 Å². The first-order valence-corrected chi connectivity index (χ1v) is 7.22. The SMILES string of the molecule is CC(C)(CNc1ccnc(C(N)=O)c1)S(C)(=O)=O. The third-order valence-corrected chi connectivity index (χ3v) is 4.89. The van der Waals surface area contributed by atoms with E-state index in [2.05, 4.69) is 10.3 Å². The zero-order chi connectivity index (χ0) is 14.0. The number of nitrogens with two attached hydrogens (primary N) is 1. The number of anilines is 1. The summed E-state index contributed by atoms with van der Waals surface area (Å²) in [5, 5.41) is 2.96. The summed E-state index contributed by atoms with van der Waals surface area (Å²) in [6.07, 6.45) is 2.63. The van der Waals surface area contributed by atoms with Gasteiger partial charge in [0.05, 0.1) is 4.75 Å². The molecule has 0 saturated heterocycles. The van der Waals surface area contributed by atoms with Gasteiger partial charge in [-0.3, -0.25) is 9.78 Å². The lowest BCUT2D eigenvalue weighted by Gasteiger charge is -2.23. The van der Waals surface area contributed by atoms with Gasteiger partial charge in [-0.25, -0.2) is 8.42 Å². The van der Waals surface area contributed by atoms with Gasteiger partial charge in [-0.1, -0.05) is 0 Å². The highest BCUT2D eigenvalue weighted by molar-refractivity contribution is 7.92. The third-order valence-electron chi connectivity index (χ3n) is 2.73. The molecule has 0 aromatic carbocycles. The van der Waals surface area contributed by atoms with Crippen molar-refractivity contribution in [2.75, 3.05) is 18.1 Å². The molecule has 3 N–H and O–H groups in total. The number of amides is 1. The van der Waals surface area contributed by atoms with Gasteiger partial charge in [0.2, 0.25) is 0 Å². The first kappa shape index (κ1) is 14.4. The molecule has 0 aliphatic carbocycles. The molecule has 6 nitrogen and oxygen atoms in total. The number of pyridine rings is 1. The highest BCUT2D eigenvalue weighted by Gasteiger charge is 2.29. The molecule has 0 atom stereocenters. The second-order valence-corrected chi connectivity index (χ2v) is 7.33. The maximum Gasteiger partial charge on any atom is 0.267 e. The minimum Gasteiger partial charge on any atom is -0.383 e. The fourth-order valence-electron chi connectivity index (χ4n) is 1.12. The van der Waals surface area contributed by atoms with E-state index in [1.165, 1.54) is 18.5 Å². The van der Waals surface area contributed by atoms with Crippen LogP contribution in [-0.4, -0.2) is 36.9 Å². The van der Waals surface area contributed by atoms with Gasteiger partial charge in [-0.15, -0.1) is 0 Å². The van der Waals surface area contributed by atoms with Crippen LogP contribution in [0.4, 0.5) is 5.69 Å². The molecule has 7 heteroatoms. The average molecular weight is 271 g/mol. The summed E-state index contributed by atoms with van der Waals surface area (Å²) in [5.41, 5.74) is 5.85. The van der Waals surface area contributed by atoms with Crippen LogP contribution in [-0.2, 0) is 9.84 Å². The van der Waals surface area contributed by atoms with Crippen molar-refractivity contribution in [2.24, 2.45) is 5.73 Å². The molecule has 18 heavy (non-hydrogen) atoms. The summed E-state index contributed by atoms with van der Waals surface area (Å²) < 4.78 is 22.1. The number of sulfone groups is 1. The van der Waals surface area contributed by atoms with E-state index in [4.69, 9.17) is 5.73 Å². The number of hydrogen-bond donors (Lipinski definition) is 2. The second kappa shape index (κ2) is 4.93. The Morgan fingerprint density at radius 2 is 2.11 bits per heavy atom. The van der Waals surface area contributed by atoms with Crippen molar-refractivity contribution in [3.05, 3.63) is 24.0 Å². The molecular formula is C11H17N3O3S. The molecule has 0 radical (unpaired) electrons. The Balaban J connectivity index is 2.82. The lowest BCUT2D eigenvalue weighted by atomic mass is 10.2. The molecule has 0 spiro atoms. The highest BCUT2D eigenvalue weighted by atomic mass is 32.2. The van der Waals surface area contributed by atoms with Gasteiger partial charge in [0, 0.05) is 24.7 Å². The molecular weight excluding hydrogens is 254 g/mol. The van der Waals surface area contributed by atoms with Gasteiger partial charge in [0.1, 0.15) is 5.69 Å². The van der Waals surface area contributed by atoms with E-state index in [1.807, 2.05) is 0 Å². The Kier molecular flexibility index (Phi) is 3.95. The van der Waals surface area contributed by atoms with Crippen LogP contribution >= 0.6 is 0 Å². The van der Waals surface area contributed by atoms with Crippen molar-refractivity contribution in [3.8, 4) is 0 Å². The zero-order valence-electron chi connectivity index (χ0n) is 10.6. The predicted octanol–water partition coefficient (Wildman–Crippen LogP) is 0.416. The van der Waals surface area contributed by atoms with Crippen molar-refractivity contribution < 1.29 is 13.2 Å². The molecule has 0 saturated carbocycles. The van der Waals surface area contributed by atoms with Crippen LogP contribution in [0.25, 0.3) is 0 Å². The van der Waals surface area contributed by atoms with Crippen molar-refractivity contribution >= 4 is 21.4 Å². The number of primary amides is 1. The van der Waals surface area contributed by atoms with E-state index in [1.54, 1.807) is 19.9 Å². The van der Waals surface area contributed by atoms with Gasteiger partial charge in [-0.05, 0) is 26.0 Å². The maximum absolute atomic E-state index is 11.5. The Hall–Kier alpha value is -1.63. The summed E-state index contributed by atoms with van der Waals surface area (Å²) in [4.78, 5) is 14.7. The minimum atomic E-state index is -3.17. The lowest BCUT2D eigenvalue weighted by Crippen LogP contribution is -2.38. The molecule has 100 valence electrons. The van der Waals surface area contributed by atoms with Crippen LogP contribution in [0.1, 0.15) is 24.3 Å². The summed E-state index contributed by atoms with van der Waals surface area (Å²) in [7, 11) is -3.17. The normalized spacial score (nSPS) is 12.2. The molecule has 0 aliphatic heterocycles. The maximum atomic E-state index is 11.5. The molecule has 1 aromatic heterocycles. The fourth-order valence-corrected chi connectivity index (χ4v) is 1.46. The quantitative estimate of drug-likeness (QED) is 0.807. The van der Waals surface area contributed by atoms with Crippen LogP contribution in [0.15, 0.2) is 18.3 Å². The largest absolute Gasteiger partial charge is 0.383 e. The first-order chi connectivity index (χ1) is 8.13. The van der Waals surface area contributed by atoms with Crippen LogP contribution in [0.5, 0.6) is 0 Å². The van der Waals surface area contributed by atoms with E-state index in [9.17, 15) is 13.2 Å². The third kappa shape index (κ3) is 3.43. The minimum absolute atomic E-state index is 0.136. The van der Waals surface area contributed by atoms with Crippen molar-refractivity contribution in [1.82, 2.24) is 4.98 Å². The van der Waals surface area contributed by atoms with Gasteiger partial charge >= 0.3 is 0 Å². The number of nitrogens with one attached hydrogen (secondary N) is 1. The predicted molar refractivity (Wildman–Crippen MR) is 70.2 cm³/mol. The number of rotatable bonds is 5. The first-order valence-electron chi connectivity index (χ1n) is 5.33. The average Bonchev–Trinajstić information content (AvgIpc) is 2.25. The van der Waals surface area contributed by atoms with Crippen LogP contribution < -0.4 is 11.1 Å². The smallest absolute Gasteiger partial charge is 0.267 e. The summed E-state index contributed by atoms with van der Waals surface area (Å²) >= 11 is 0. The summed E-state index contributed by atoms with van der Waals surface area (Å²) in [6.45, 7) is 3.49. The molecule has 1 heterocycles. The number of aromatic nitrogens is 1. The van der Waals surface area contributed by atoms with E-state index in [-0.39, 0.29) is 12.2 Å². The molecule has 1 aromatic rings.